The minimum atomic E-state index is -1.59. The Morgan fingerprint density at radius 3 is 2.59 bits per heavy atom. The smallest absolute Gasteiger partial charge is 0.137 e. The molecule has 2 atom stereocenters. The van der Waals surface area contributed by atoms with Crippen LogP contribution >= 0.6 is 0 Å². The maximum atomic E-state index is 14.3. The van der Waals surface area contributed by atoms with Gasteiger partial charge in [-0.05, 0) is 13.0 Å². The molecule has 0 unspecified atom stereocenters. The predicted octanol–water partition coefficient (Wildman–Crippen LogP) is 1.16. The number of aliphatic hydroxyl groups is 1. The lowest BCUT2D eigenvalue weighted by Gasteiger charge is -2.33. The Morgan fingerprint density at radius 2 is 1.95 bits per heavy atom. The topological polar surface area (TPSA) is 81.6 Å². The van der Waals surface area contributed by atoms with Gasteiger partial charge in [-0.1, -0.05) is 18.2 Å². The van der Waals surface area contributed by atoms with Crippen molar-refractivity contribution >= 4 is 0 Å². The molecule has 3 rings (SSSR count). The van der Waals surface area contributed by atoms with Gasteiger partial charge in [0, 0.05) is 5.56 Å². The molecule has 0 fully saturated rings. The number of aromatic nitrogens is 6. The Kier molecular flexibility index (Phi) is 3.68. The summed E-state index contributed by atoms with van der Waals surface area (Å²) in [7, 11) is 0. The van der Waals surface area contributed by atoms with Crippen molar-refractivity contribution in [1.82, 2.24) is 29.8 Å². The fraction of sp³-hybridized carbons (Fsp3) is 0.286. The molecule has 0 aliphatic rings. The van der Waals surface area contributed by atoms with E-state index in [0.29, 0.717) is 0 Å². The van der Waals surface area contributed by atoms with Gasteiger partial charge in [0.25, 0.3) is 0 Å². The van der Waals surface area contributed by atoms with Crippen LogP contribution in [0, 0.1) is 5.82 Å². The molecule has 0 saturated heterocycles. The molecule has 7 nitrogen and oxygen atoms in total. The van der Waals surface area contributed by atoms with Gasteiger partial charge in [-0.2, -0.15) is 20.1 Å². The maximum absolute atomic E-state index is 14.3. The van der Waals surface area contributed by atoms with E-state index in [4.69, 9.17) is 0 Å². The lowest BCUT2D eigenvalue weighted by Crippen LogP contribution is -2.41. The van der Waals surface area contributed by atoms with Crippen LogP contribution in [0.1, 0.15) is 18.5 Å². The van der Waals surface area contributed by atoms with Gasteiger partial charge in [0.15, 0.2) is 0 Å². The summed E-state index contributed by atoms with van der Waals surface area (Å²) in [6.07, 6.45) is 5.84. The van der Waals surface area contributed by atoms with Crippen LogP contribution in [0.25, 0.3) is 0 Å². The zero-order valence-corrected chi connectivity index (χ0v) is 11.9. The fourth-order valence-corrected chi connectivity index (χ4v) is 2.43. The van der Waals surface area contributed by atoms with Crippen LogP contribution in [0.15, 0.2) is 49.3 Å². The Balaban J connectivity index is 2.07. The minimum Gasteiger partial charge on any atom is -0.381 e. The first kappa shape index (κ1) is 14.3. The molecule has 0 bridgehead atoms. The van der Waals surface area contributed by atoms with Crippen LogP contribution in [0.4, 0.5) is 4.39 Å². The summed E-state index contributed by atoms with van der Waals surface area (Å²) in [6.45, 7) is 1.75. The van der Waals surface area contributed by atoms with Crippen LogP contribution in [-0.2, 0) is 12.1 Å². The molecule has 8 heteroatoms. The Morgan fingerprint density at radius 1 is 1.23 bits per heavy atom. The highest BCUT2D eigenvalue weighted by atomic mass is 19.1. The molecule has 0 aliphatic heterocycles. The molecule has 3 aromatic rings. The number of hydrogen-bond donors (Lipinski definition) is 1. The lowest BCUT2D eigenvalue weighted by atomic mass is 9.86. The molecule has 0 aliphatic carbocycles. The van der Waals surface area contributed by atoms with Crippen molar-refractivity contribution in [3.63, 3.8) is 0 Å². The molecule has 0 amide bonds. The first-order valence-electron chi connectivity index (χ1n) is 6.77. The molecule has 0 spiro atoms. The highest BCUT2D eigenvalue weighted by Crippen LogP contribution is 2.35. The van der Waals surface area contributed by atoms with Crippen LogP contribution in [0.2, 0.25) is 0 Å². The van der Waals surface area contributed by atoms with Gasteiger partial charge in [0.1, 0.15) is 30.1 Å². The van der Waals surface area contributed by atoms with E-state index in [9.17, 15) is 9.50 Å². The Hall–Kier alpha value is -2.61. The van der Waals surface area contributed by atoms with E-state index < -0.39 is 17.5 Å². The summed E-state index contributed by atoms with van der Waals surface area (Å²) >= 11 is 0. The SMILES string of the molecule is C[C@H](n1nccn1)[C@@](O)(Cn1cncn1)c1ccccc1F. The molecule has 0 radical (unpaired) electrons. The molecule has 114 valence electrons. The number of nitrogens with zero attached hydrogens (tertiary/aromatic N) is 6. The molecule has 2 aromatic heterocycles. The maximum Gasteiger partial charge on any atom is 0.137 e. The summed E-state index contributed by atoms with van der Waals surface area (Å²) in [5.41, 5.74) is -1.42. The molecular formula is C14H15FN6O. The summed E-state index contributed by atoms with van der Waals surface area (Å²) < 4.78 is 15.7. The van der Waals surface area contributed by atoms with Crippen molar-refractivity contribution in [2.24, 2.45) is 0 Å². The molecule has 1 aromatic carbocycles. The van der Waals surface area contributed by atoms with Gasteiger partial charge >= 0.3 is 0 Å². The highest BCUT2D eigenvalue weighted by Gasteiger charge is 2.41. The standard InChI is InChI=1S/C14H15FN6O/c1-11(21-17-6-7-18-21)14(22,8-20-10-16-9-19-20)12-4-2-3-5-13(12)15/h2-7,9-11,22H,8H2,1H3/t11-,14-/m0/s1. The summed E-state index contributed by atoms with van der Waals surface area (Å²) in [4.78, 5) is 5.20. The van der Waals surface area contributed by atoms with Crippen LogP contribution in [0.3, 0.4) is 0 Å². The van der Waals surface area contributed by atoms with Gasteiger partial charge < -0.3 is 5.11 Å². The van der Waals surface area contributed by atoms with Crippen molar-refractivity contribution in [3.05, 3.63) is 60.7 Å². The van der Waals surface area contributed by atoms with Crippen LogP contribution < -0.4 is 0 Å². The average molecular weight is 302 g/mol. The van der Waals surface area contributed by atoms with E-state index in [-0.39, 0.29) is 12.1 Å². The van der Waals surface area contributed by atoms with Crippen molar-refractivity contribution in [2.75, 3.05) is 0 Å². The van der Waals surface area contributed by atoms with E-state index >= 15 is 0 Å². The average Bonchev–Trinajstić information content (AvgIpc) is 3.20. The second kappa shape index (κ2) is 5.64. The second-order valence-electron chi connectivity index (χ2n) is 5.02. The first-order chi connectivity index (χ1) is 10.6. The number of hydrogen-bond acceptors (Lipinski definition) is 5. The third-order valence-electron chi connectivity index (χ3n) is 3.68. The lowest BCUT2D eigenvalue weighted by molar-refractivity contribution is -0.0412. The zero-order chi connectivity index (χ0) is 15.6. The minimum absolute atomic E-state index is 0.0244. The van der Waals surface area contributed by atoms with Gasteiger partial charge in [0.2, 0.25) is 0 Å². The van der Waals surface area contributed by atoms with E-state index in [1.54, 1.807) is 25.1 Å². The summed E-state index contributed by atoms with van der Waals surface area (Å²) in [5.74, 6) is -0.496. The van der Waals surface area contributed by atoms with Crippen molar-refractivity contribution in [3.8, 4) is 0 Å². The number of rotatable bonds is 5. The molecule has 0 saturated carbocycles. The first-order valence-corrected chi connectivity index (χ1v) is 6.77. The van der Waals surface area contributed by atoms with Crippen molar-refractivity contribution < 1.29 is 9.50 Å². The van der Waals surface area contributed by atoms with Crippen LogP contribution in [0.5, 0.6) is 0 Å². The quantitative estimate of drug-likeness (QED) is 0.765. The van der Waals surface area contributed by atoms with Gasteiger partial charge in [0.05, 0.1) is 18.9 Å². The van der Waals surface area contributed by atoms with E-state index in [0.717, 1.165) is 0 Å². The van der Waals surface area contributed by atoms with E-state index in [2.05, 4.69) is 20.3 Å². The summed E-state index contributed by atoms with van der Waals surface area (Å²) in [5, 5.41) is 23.3. The van der Waals surface area contributed by atoms with Gasteiger partial charge in [-0.3, -0.25) is 0 Å². The number of benzene rings is 1. The molecule has 1 N–H and O–H groups in total. The Bertz CT molecular complexity index is 730. The molecular weight excluding hydrogens is 287 g/mol. The normalized spacial score (nSPS) is 15.4. The predicted molar refractivity (Wildman–Crippen MR) is 75.1 cm³/mol. The van der Waals surface area contributed by atoms with E-state index in [1.165, 1.54) is 40.6 Å². The van der Waals surface area contributed by atoms with Crippen molar-refractivity contribution in [2.45, 2.75) is 25.1 Å². The van der Waals surface area contributed by atoms with Gasteiger partial charge in [-0.25, -0.2) is 14.1 Å². The summed E-state index contributed by atoms with van der Waals surface area (Å²) in [6, 6.07) is 5.50. The van der Waals surface area contributed by atoms with E-state index in [1.807, 2.05) is 0 Å². The third-order valence-corrected chi connectivity index (χ3v) is 3.68. The van der Waals surface area contributed by atoms with Crippen molar-refractivity contribution in [1.29, 1.82) is 0 Å². The Labute approximate surface area is 126 Å². The zero-order valence-electron chi connectivity index (χ0n) is 11.9. The third kappa shape index (κ3) is 2.48. The molecule has 2 heterocycles. The molecule has 22 heavy (non-hydrogen) atoms. The van der Waals surface area contributed by atoms with Gasteiger partial charge in [-0.15, -0.1) is 0 Å². The second-order valence-corrected chi connectivity index (χ2v) is 5.02. The largest absolute Gasteiger partial charge is 0.381 e. The highest BCUT2D eigenvalue weighted by molar-refractivity contribution is 5.25. The van der Waals surface area contributed by atoms with Crippen LogP contribution in [-0.4, -0.2) is 34.9 Å². The fourth-order valence-electron chi connectivity index (χ4n) is 2.43. The monoisotopic (exact) mass is 302 g/mol. The number of halogens is 1.